The smallest absolute Gasteiger partial charge is 0.167 e. The largest absolute Gasteiger partial charge is 0.496 e. The third-order valence-electron chi connectivity index (χ3n) is 2.86. The Kier molecular flexibility index (Phi) is 1.88. The van der Waals surface area contributed by atoms with Gasteiger partial charge in [0, 0.05) is 6.42 Å². The lowest BCUT2D eigenvalue weighted by Crippen LogP contribution is -2.12. The van der Waals surface area contributed by atoms with Crippen molar-refractivity contribution in [1.29, 1.82) is 0 Å². The van der Waals surface area contributed by atoms with Crippen molar-refractivity contribution in [3.63, 3.8) is 0 Å². The maximum atomic E-state index is 11.8. The molecule has 0 unspecified atom stereocenters. The Bertz CT molecular complexity index is 391. The number of hydrogen-bond donors (Lipinski definition) is 0. The number of rotatable bonds is 1. The number of carbonyl (C=O) groups excluding carboxylic acids is 1. The minimum Gasteiger partial charge on any atom is -0.496 e. The molecular formula is C12H14O2. The lowest BCUT2D eigenvalue weighted by Gasteiger charge is -2.17. The average molecular weight is 190 g/mol. The molecule has 1 aromatic carbocycles. The molecule has 2 nitrogen and oxygen atoms in total. The van der Waals surface area contributed by atoms with Gasteiger partial charge >= 0.3 is 0 Å². The fraction of sp³-hybridized carbons (Fsp3) is 0.417. The van der Waals surface area contributed by atoms with Crippen molar-refractivity contribution in [3.8, 4) is 5.75 Å². The predicted octanol–water partition coefficient (Wildman–Crippen LogP) is 2.56. The number of Topliss-reactive ketones (excluding diaryl/α,β-unsaturated/α-hetero) is 1. The summed E-state index contributed by atoms with van der Waals surface area (Å²) in [5, 5.41) is 0. The second kappa shape index (κ2) is 2.84. The van der Waals surface area contributed by atoms with Crippen LogP contribution in [-0.4, -0.2) is 12.9 Å². The van der Waals surface area contributed by atoms with E-state index in [0.29, 0.717) is 12.2 Å². The van der Waals surface area contributed by atoms with E-state index in [2.05, 4.69) is 13.8 Å². The Balaban J connectivity index is 2.67. The normalized spacial score (nSPS) is 18.1. The molecule has 1 aliphatic carbocycles. The van der Waals surface area contributed by atoms with Crippen LogP contribution in [0.3, 0.4) is 0 Å². The number of ketones is 1. The third-order valence-corrected chi connectivity index (χ3v) is 2.86. The molecule has 2 heteroatoms. The van der Waals surface area contributed by atoms with Crippen molar-refractivity contribution in [2.24, 2.45) is 0 Å². The molecule has 0 atom stereocenters. The Labute approximate surface area is 83.9 Å². The summed E-state index contributed by atoms with van der Waals surface area (Å²) in [7, 11) is 1.61. The maximum Gasteiger partial charge on any atom is 0.167 e. The van der Waals surface area contributed by atoms with E-state index in [1.54, 1.807) is 7.11 Å². The standard InChI is InChI=1S/C12H14O2/c1-12(2)7-9(13)11-8(12)5-4-6-10(11)14-3/h4-6H,7H2,1-3H3. The van der Waals surface area contributed by atoms with E-state index >= 15 is 0 Å². The molecule has 0 saturated heterocycles. The van der Waals surface area contributed by atoms with Crippen LogP contribution >= 0.6 is 0 Å². The molecule has 0 amide bonds. The zero-order valence-corrected chi connectivity index (χ0v) is 8.76. The molecule has 1 aliphatic rings. The van der Waals surface area contributed by atoms with Crippen LogP contribution in [-0.2, 0) is 5.41 Å². The highest BCUT2D eigenvalue weighted by Gasteiger charge is 2.37. The van der Waals surface area contributed by atoms with E-state index in [1.165, 1.54) is 0 Å². The van der Waals surface area contributed by atoms with Crippen LogP contribution in [0.1, 0.15) is 36.2 Å². The van der Waals surface area contributed by atoms with Gasteiger partial charge < -0.3 is 4.74 Å². The first-order valence-electron chi connectivity index (χ1n) is 4.77. The fourth-order valence-electron chi connectivity index (χ4n) is 2.14. The maximum absolute atomic E-state index is 11.8. The molecule has 0 bridgehead atoms. The zero-order chi connectivity index (χ0) is 10.3. The Morgan fingerprint density at radius 2 is 2.07 bits per heavy atom. The number of fused-ring (bicyclic) bond motifs is 1. The molecule has 0 heterocycles. The minimum atomic E-state index is -0.0407. The highest BCUT2D eigenvalue weighted by molar-refractivity contribution is 6.04. The van der Waals surface area contributed by atoms with Crippen LogP contribution in [0.25, 0.3) is 0 Å². The molecular weight excluding hydrogens is 176 g/mol. The summed E-state index contributed by atoms with van der Waals surface area (Å²) in [4.78, 5) is 11.8. The number of hydrogen-bond acceptors (Lipinski definition) is 2. The van der Waals surface area contributed by atoms with Gasteiger partial charge in [-0.05, 0) is 17.0 Å². The molecule has 0 radical (unpaired) electrons. The Hall–Kier alpha value is -1.31. The van der Waals surface area contributed by atoms with E-state index < -0.39 is 0 Å². The lowest BCUT2D eigenvalue weighted by molar-refractivity contribution is 0.0977. The molecule has 0 fully saturated rings. The van der Waals surface area contributed by atoms with E-state index in [9.17, 15) is 4.79 Å². The summed E-state index contributed by atoms with van der Waals surface area (Å²) in [6.07, 6.45) is 0.586. The summed E-state index contributed by atoms with van der Waals surface area (Å²) in [5.74, 6) is 0.903. The molecule has 0 aliphatic heterocycles. The molecule has 0 aromatic heterocycles. The summed E-state index contributed by atoms with van der Waals surface area (Å²) in [6, 6.07) is 5.80. The summed E-state index contributed by atoms with van der Waals surface area (Å²) >= 11 is 0. The molecule has 2 rings (SSSR count). The van der Waals surface area contributed by atoms with Gasteiger partial charge in [0.1, 0.15) is 5.75 Å². The lowest BCUT2D eigenvalue weighted by atomic mass is 9.86. The van der Waals surface area contributed by atoms with Crippen LogP contribution in [0.4, 0.5) is 0 Å². The molecule has 1 aromatic rings. The average Bonchev–Trinajstić information content (AvgIpc) is 2.38. The van der Waals surface area contributed by atoms with E-state index in [0.717, 1.165) is 11.1 Å². The minimum absolute atomic E-state index is 0.0407. The quantitative estimate of drug-likeness (QED) is 0.680. The van der Waals surface area contributed by atoms with Gasteiger partial charge in [-0.3, -0.25) is 4.79 Å². The van der Waals surface area contributed by atoms with Crippen molar-refractivity contribution < 1.29 is 9.53 Å². The number of methoxy groups -OCH3 is 1. The van der Waals surface area contributed by atoms with Gasteiger partial charge in [0.25, 0.3) is 0 Å². The van der Waals surface area contributed by atoms with Crippen molar-refractivity contribution in [2.45, 2.75) is 25.7 Å². The van der Waals surface area contributed by atoms with Gasteiger partial charge in [0.15, 0.2) is 5.78 Å². The van der Waals surface area contributed by atoms with Gasteiger partial charge in [-0.15, -0.1) is 0 Å². The van der Waals surface area contributed by atoms with Crippen LogP contribution < -0.4 is 4.74 Å². The molecule has 0 N–H and O–H groups in total. The summed E-state index contributed by atoms with van der Waals surface area (Å²) < 4.78 is 5.20. The van der Waals surface area contributed by atoms with Crippen LogP contribution in [0, 0.1) is 0 Å². The molecule has 0 spiro atoms. The van der Waals surface area contributed by atoms with Crippen LogP contribution in [0.5, 0.6) is 5.75 Å². The Morgan fingerprint density at radius 3 is 2.71 bits per heavy atom. The first-order chi connectivity index (χ1) is 6.56. The summed E-state index contributed by atoms with van der Waals surface area (Å²) in [6.45, 7) is 4.19. The van der Waals surface area contributed by atoms with Crippen molar-refractivity contribution in [1.82, 2.24) is 0 Å². The van der Waals surface area contributed by atoms with Crippen LogP contribution in [0.2, 0.25) is 0 Å². The summed E-state index contributed by atoms with van der Waals surface area (Å²) in [5.41, 5.74) is 1.85. The van der Waals surface area contributed by atoms with E-state index in [-0.39, 0.29) is 11.2 Å². The second-order valence-electron chi connectivity index (χ2n) is 4.37. The van der Waals surface area contributed by atoms with Gasteiger partial charge in [0.05, 0.1) is 12.7 Å². The zero-order valence-electron chi connectivity index (χ0n) is 8.76. The highest BCUT2D eigenvalue weighted by Crippen LogP contribution is 2.41. The van der Waals surface area contributed by atoms with Gasteiger partial charge in [0.2, 0.25) is 0 Å². The number of benzene rings is 1. The van der Waals surface area contributed by atoms with Crippen LogP contribution in [0.15, 0.2) is 18.2 Å². The molecule has 0 saturated carbocycles. The fourth-order valence-corrected chi connectivity index (χ4v) is 2.14. The van der Waals surface area contributed by atoms with Crippen molar-refractivity contribution in [3.05, 3.63) is 29.3 Å². The van der Waals surface area contributed by atoms with E-state index in [4.69, 9.17) is 4.74 Å². The van der Waals surface area contributed by atoms with Gasteiger partial charge in [-0.25, -0.2) is 0 Å². The number of ether oxygens (including phenoxy) is 1. The van der Waals surface area contributed by atoms with Gasteiger partial charge in [-0.2, -0.15) is 0 Å². The monoisotopic (exact) mass is 190 g/mol. The third kappa shape index (κ3) is 1.14. The Morgan fingerprint density at radius 1 is 1.36 bits per heavy atom. The second-order valence-corrected chi connectivity index (χ2v) is 4.37. The van der Waals surface area contributed by atoms with E-state index in [1.807, 2.05) is 18.2 Å². The molecule has 74 valence electrons. The van der Waals surface area contributed by atoms with Gasteiger partial charge in [-0.1, -0.05) is 26.0 Å². The SMILES string of the molecule is COc1cccc2c1C(=O)CC2(C)C. The highest BCUT2D eigenvalue weighted by atomic mass is 16.5. The molecule has 14 heavy (non-hydrogen) atoms. The van der Waals surface area contributed by atoms with Crippen molar-refractivity contribution >= 4 is 5.78 Å². The first kappa shape index (κ1) is 9.25. The number of carbonyl (C=O) groups is 1. The van der Waals surface area contributed by atoms with Crippen molar-refractivity contribution in [2.75, 3.05) is 7.11 Å². The topological polar surface area (TPSA) is 26.3 Å². The predicted molar refractivity (Wildman–Crippen MR) is 55.0 cm³/mol. The first-order valence-corrected chi connectivity index (χ1v) is 4.77.